The van der Waals surface area contributed by atoms with Gasteiger partial charge >= 0.3 is 0 Å². The molecule has 0 saturated carbocycles. The minimum Gasteiger partial charge on any atom is -0.378 e. The molecule has 2 rings (SSSR count). The summed E-state index contributed by atoms with van der Waals surface area (Å²) in [5.41, 5.74) is 1.43. The van der Waals surface area contributed by atoms with Gasteiger partial charge in [0, 0.05) is 17.5 Å². The first-order valence-electron chi connectivity index (χ1n) is 6.25. The van der Waals surface area contributed by atoms with Crippen LogP contribution in [0.3, 0.4) is 0 Å². The lowest BCUT2D eigenvalue weighted by atomic mass is 10.00. The Bertz CT molecular complexity index is 360. The molecule has 1 aliphatic rings. The van der Waals surface area contributed by atoms with Crippen LogP contribution in [0.1, 0.15) is 42.2 Å². The molecule has 96 valence electrons. The van der Waals surface area contributed by atoms with Crippen molar-refractivity contribution >= 4 is 27.3 Å². The Morgan fingerprint density at radius 3 is 3.00 bits per heavy atom. The minimum absolute atomic E-state index is 0.460. The second kappa shape index (κ2) is 6.32. The second-order valence-corrected chi connectivity index (χ2v) is 7.25. The molecule has 4 heteroatoms. The van der Waals surface area contributed by atoms with Gasteiger partial charge in [-0.05, 0) is 67.2 Å². The summed E-state index contributed by atoms with van der Waals surface area (Å²) in [6.45, 7) is 3.15. The molecule has 0 bridgehead atoms. The summed E-state index contributed by atoms with van der Waals surface area (Å²) in [7, 11) is 2.05. The van der Waals surface area contributed by atoms with E-state index in [0.717, 1.165) is 13.0 Å². The minimum atomic E-state index is 0.460. The Labute approximate surface area is 116 Å². The molecule has 1 aliphatic heterocycles. The number of nitrogens with one attached hydrogen (secondary N) is 1. The molecular formula is C13H20BrNOS. The van der Waals surface area contributed by atoms with E-state index >= 15 is 0 Å². The Balaban J connectivity index is 1.93. The fraction of sp³-hybridized carbons (Fsp3) is 0.692. The number of aryl methyl sites for hydroxylation is 1. The largest absolute Gasteiger partial charge is 0.378 e. The molecule has 2 nitrogen and oxygen atoms in total. The van der Waals surface area contributed by atoms with Crippen LogP contribution in [-0.4, -0.2) is 19.8 Å². The molecule has 17 heavy (non-hydrogen) atoms. The average molecular weight is 318 g/mol. The van der Waals surface area contributed by atoms with Gasteiger partial charge in [0.2, 0.25) is 0 Å². The van der Waals surface area contributed by atoms with Gasteiger partial charge in [-0.3, -0.25) is 0 Å². The molecule has 0 aromatic carbocycles. The van der Waals surface area contributed by atoms with Crippen LogP contribution in [0, 0.1) is 6.92 Å². The van der Waals surface area contributed by atoms with Crippen molar-refractivity contribution < 1.29 is 4.74 Å². The highest BCUT2D eigenvalue weighted by Gasteiger charge is 2.19. The van der Waals surface area contributed by atoms with Gasteiger partial charge < -0.3 is 10.1 Å². The van der Waals surface area contributed by atoms with Crippen LogP contribution in [-0.2, 0) is 4.74 Å². The fourth-order valence-corrected chi connectivity index (χ4v) is 4.26. The van der Waals surface area contributed by atoms with Crippen LogP contribution in [0.5, 0.6) is 0 Å². The van der Waals surface area contributed by atoms with Crippen molar-refractivity contribution in [1.29, 1.82) is 0 Å². The van der Waals surface area contributed by atoms with E-state index in [9.17, 15) is 0 Å². The lowest BCUT2D eigenvalue weighted by Gasteiger charge is -2.18. The lowest BCUT2D eigenvalue weighted by Crippen LogP contribution is -2.18. The van der Waals surface area contributed by atoms with Crippen molar-refractivity contribution in [2.24, 2.45) is 0 Å². The third-order valence-electron chi connectivity index (χ3n) is 3.45. The van der Waals surface area contributed by atoms with Gasteiger partial charge in [0.05, 0.1) is 9.89 Å². The third kappa shape index (κ3) is 3.53. The monoisotopic (exact) mass is 317 g/mol. The molecule has 0 amide bonds. The zero-order chi connectivity index (χ0) is 12.3. The first kappa shape index (κ1) is 13.5. The number of thiophene rings is 1. The topological polar surface area (TPSA) is 21.3 Å². The number of hydrogen-bond acceptors (Lipinski definition) is 3. The van der Waals surface area contributed by atoms with Crippen LogP contribution in [0.2, 0.25) is 0 Å². The Hall–Kier alpha value is 0.1000. The summed E-state index contributed by atoms with van der Waals surface area (Å²) >= 11 is 5.38. The van der Waals surface area contributed by atoms with Crippen LogP contribution < -0.4 is 5.32 Å². The Kier molecular flexibility index (Phi) is 5.03. The van der Waals surface area contributed by atoms with E-state index in [-0.39, 0.29) is 0 Å². The lowest BCUT2D eigenvalue weighted by molar-refractivity contribution is 0.0998. The van der Waals surface area contributed by atoms with Crippen LogP contribution in [0.4, 0.5) is 0 Å². The average Bonchev–Trinajstić information content (AvgIpc) is 2.90. The zero-order valence-corrected chi connectivity index (χ0v) is 12.9. The summed E-state index contributed by atoms with van der Waals surface area (Å²) in [6.07, 6.45) is 5.29. The summed E-state index contributed by atoms with van der Waals surface area (Å²) in [5.74, 6) is 0. The molecule has 2 heterocycles. The van der Waals surface area contributed by atoms with Crippen molar-refractivity contribution in [3.63, 3.8) is 0 Å². The van der Waals surface area contributed by atoms with Crippen molar-refractivity contribution in [2.45, 2.75) is 44.8 Å². The molecule has 1 N–H and O–H groups in total. The van der Waals surface area contributed by atoms with Crippen molar-refractivity contribution in [3.8, 4) is 0 Å². The Morgan fingerprint density at radius 1 is 1.65 bits per heavy atom. The van der Waals surface area contributed by atoms with E-state index in [0.29, 0.717) is 12.1 Å². The second-order valence-electron chi connectivity index (χ2n) is 4.62. The molecule has 0 spiro atoms. The van der Waals surface area contributed by atoms with Crippen LogP contribution >= 0.6 is 27.3 Å². The number of rotatable bonds is 5. The van der Waals surface area contributed by atoms with Gasteiger partial charge in [-0.25, -0.2) is 0 Å². The predicted molar refractivity (Wildman–Crippen MR) is 76.8 cm³/mol. The Morgan fingerprint density at radius 2 is 2.47 bits per heavy atom. The maximum Gasteiger partial charge on any atom is 0.0704 e. The molecule has 0 radical (unpaired) electrons. The van der Waals surface area contributed by atoms with Crippen molar-refractivity contribution in [1.82, 2.24) is 5.32 Å². The van der Waals surface area contributed by atoms with Gasteiger partial charge in [0.15, 0.2) is 0 Å². The van der Waals surface area contributed by atoms with Gasteiger partial charge in [-0.15, -0.1) is 11.3 Å². The van der Waals surface area contributed by atoms with Gasteiger partial charge in [-0.2, -0.15) is 0 Å². The summed E-state index contributed by atoms with van der Waals surface area (Å²) in [4.78, 5) is 1.41. The van der Waals surface area contributed by atoms with Gasteiger partial charge in [0.1, 0.15) is 0 Å². The standard InChI is InChI=1S/C13H20BrNOS/c1-9-11(8-13(14)17-9)12(15-2)6-5-10-4-3-7-16-10/h8,10,12,15H,3-7H2,1-2H3. The first-order valence-corrected chi connectivity index (χ1v) is 7.86. The predicted octanol–water partition coefficient (Wildman–Crippen LogP) is 4.04. The molecule has 2 unspecified atom stereocenters. The van der Waals surface area contributed by atoms with Crippen molar-refractivity contribution in [3.05, 3.63) is 20.3 Å². The molecule has 1 aromatic heterocycles. The van der Waals surface area contributed by atoms with Gasteiger partial charge in [-0.1, -0.05) is 0 Å². The molecular weight excluding hydrogens is 298 g/mol. The molecule has 1 fully saturated rings. The highest BCUT2D eigenvalue weighted by atomic mass is 79.9. The molecule has 0 aliphatic carbocycles. The number of hydrogen-bond donors (Lipinski definition) is 1. The highest BCUT2D eigenvalue weighted by molar-refractivity contribution is 9.11. The summed E-state index contributed by atoms with van der Waals surface area (Å²) in [6, 6.07) is 2.71. The quantitative estimate of drug-likeness (QED) is 0.885. The van der Waals surface area contributed by atoms with E-state index < -0.39 is 0 Å². The number of halogens is 1. The van der Waals surface area contributed by atoms with E-state index in [4.69, 9.17) is 4.74 Å². The first-order chi connectivity index (χ1) is 8.20. The van der Waals surface area contributed by atoms with E-state index in [1.165, 1.54) is 33.5 Å². The third-order valence-corrected chi connectivity index (χ3v) is 5.02. The SMILES string of the molecule is CNC(CCC1CCCO1)c1cc(Br)sc1C. The zero-order valence-electron chi connectivity index (χ0n) is 10.5. The van der Waals surface area contributed by atoms with Gasteiger partial charge in [0.25, 0.3) is 0 Å². The maximum absolute atomic E-state index is 5.68. The molecule has 1 saturated heterocycles. The normalized spacial score (nSPS) is 21.9. The van der Waals surface area contributed by atoms with Crippen LogP contribution in [0.25, 0.3) is 0 Å². The molecule has 1 aromatic rings. The van der Waals surface area contributed by atoms with E-state index in [1.807, 2.05) is 18.4 Å². The smallest absolute Gasteiger partial charge is 0.0704 e. The van der Waals surface area contributed by atoms with Crippen molar-refractivity contribution in [2.75, 3.05) is 13.7 Å². The highest BCUT2D eigenvalue weighted by Crippen LogP contribution is 2.33. The maximum atomic E-state index is 5.68. The summed E-state index contributed by atoms with van der Waals surface area (Å²) in [5, 5.41) is 3.43. The van der Waals surface area contributed by atoms with Crippen LogP contribution in [0.15, 0.2) is 9.85 Å². The van der Waals surface area contributed by atoms with E-state index in [1.54, 1.807) is 0 Å². The van der Waals surface area contributed by atoms with E-state index in [2.05, 4.69) is 34.2 Å². The number of ether oxygens (including phenoxy) is 1. The summed E-state index contributed by atoms with van der Waals surface area (Å²) < 4.78 is 6.91. The molecule has 2 atom stereocenters. The fourth-order valence-electron chi connectivity index (χ4n) is 2.48.